The summed E-state index contributed by atoms with van der Waals surface area (Å²) in [6.45, 7) is 3.09. The van der Waals surface area contributed by atoms with Gasteiger partial charge in [0.25, 0.3) is 0 Å². The lowest BCUT2D eigenvalue weighted by Crippen LogP contribution is -2.74. The Bertz CT molecular complexity index is 1280. The molecule has 204 valence electrons. The van der Waals surface area contributed by atoms with Crippen molar-refractivity contribution in [2.24, 2.45) is 29.4 Å². The molecular formula is C27H32FN3O7. The minimum atomic E-state index is -2.79. The van der Waals surface area contributed by atoms with Crippen molar-refractivity contribution in [3.63, 3.8) is 0 Å². The summed E-state index contributed by atoms with van der Waals surface area (Å²) in [4.78, 5) is 69.3. The number of carbonyl (C=O) groups is 5. The normalized spacial score (nSPS) is 35.3. The van der Waals surface area contributed by atoms with Crippen LogP contribution in [0.25, 0.3) is 0 Å². The zero-order valence-corrected chi connectivity index (χ0v) is 21.6. The van der Waals surface area contributed by atoms with Crippen molar-refractivity contribution in [1.29, 1.82) is 0 Å². The van der Waals surface area contributed by atoms with Gasteiger partial charge in [0, 0.05) is 29.6 Å². The van der Waals surface area contributed by atoms with Crippen molar-refractivity contribution in [2.75, 3.05) is 20.6 Å². The molecule has 1 heterocycles. The summed E-state index contributed by atoms with van der Waals surface area (Å²) in [7, 11) is 3.02. The number of amides is 1. The van der Waals surface area contributed by atoms with Crippen LogP contribution in [0, 0.1) is 29.5 Å². The number of likely N-dealkylation sites (tertiary alicyclic amines) is 1. The molecule has 1 aromatic rings. The van der Waals surface area contributed by atoms with Crippen LogP contribution in [0.2, 0.25) is 0 Å². The number of carbonyl (C=O) groups excluding carboxylic acids is 5. The SMILES string of the molecule is C[C@H]1CCCN1Cc1cc(O)c2c(c1F)C[C@H]1C[C@H]3[C@H](N(C)C)C(=O)C(C(N)=O)C(=O)[C@@]3(O)C(=O)C1C2=O. The summed E-state index contributed by atoms with van der Waals surface area (Å²) in [5.41, 5.74) is 2.44. The van der Waals surface area contributed by atoms with Gasteiger partial charge < -0.3 is 15.9 Å². The Labute approximate surface area is 218 Å². The van der Waals surface area contributed by atoms with Gasteiger partial charge in [-0.3, -0.25) is 33.8 Å². The molecule has 0 radical (unpaired) electrons. The number of primary amides is 1. The number of ketones is 4. The predicted octanol–water partition coefficient (Wildman–Crippen LogP) is -0.00960. The zero-order chi connectivity index (χ0) is 27.8. The predicted molar refractivity (Wildman–Crippen MR) is 130 cm³/mol. The van der Waals surface area contributed by atoms with E-state index in [9.17, 15) is 34.2 Å². The number of halogens is 1. The third-order valence-electron chi connectivity index (χ3n) is 9.13. The summed E-state index contributed by atoms with van der Waals surface area (Å²) in [6, 6.07) is 0.261. The van der Waals surface area contributed by atoms with Gasteiger partial charge in [0.2, 0.25) is 5.91 Å². The summed E-state index contributed by atoms with van der Waals surface area (Å²) < 4.78 is 15.8. The van der Waals surface area contributed by atoms with E-state index in [1.54, 1.807) is 0 Å². The maximum absolute atomic E-state index is 15.8. The van der Waals surface area contributed by atoms with Crippen molar-refractivity contribution in [1.82, 2.24) is 9.80 Å². The van der Waals surface area contributed by atoms with Gasteiger partial charge in [-0.2, -0.15) is 0 Å². The van der Waals surface area contributed by atoms with E-state index in [0.717, 1.165) is 19.4 Å². The lowest BCUT2D eigenvalue weighted by Gasteiger charge is -2.52. The molecule has 38 heavy (non-hydrogen) atoms. The molecule has 3 fully saturated rings. The van der Waals surface area contributed by atoms with E-state index >= 15 is 4.39 Å². The second kappa shape index (κ2) is 9.03. The number of aromatic hydroxyl groups is 1. The molecule has 3 aliphatic carbocycles. The number of phenols is 1. The molecule has 1 amide bonds. The molecule has 0 aromatic heterocycles. The molecule has 1 aromatic carbocycles. The third kappa shape index (κ3) is 3.59. The maximum Gasteiger partial charge on any atom is 0.235 e. The highest BCUT2D eigenvalue weighted by atomic mass is 19.1. The summed E-state index contributed by atoms with van der Waals surface area (Å²) in [5, 5.41) is 22.4. The highest BCUT2D eigenvalue weighted by molar-refractivity contribution is 6.32. The van der Waals surface area contributed by atoms with Crippen LogP contribution in [0.15, 0.2) is 6.07 Å². The van der Waals surface area contributed by atoms with Crippen molar-refractivity contribution >= 4 is 29.0 Å². The first kappa shape index (κ1) is 26.6. The molecule has 7 atom stereocenters. The second-order valence-electron chi connectivity index (χ2n) is 11.5. The van der Waals surface area contributed by atoms with Crippen LogP contribution in [0.3, 0.4) is 0 Å². The second-order valence-corrected chi connectivity index (χ2v) is 11.5. The number of rotatable bonds is 4. The van der Waals surface area contributed by atoms with Crippen LogP contribution >= 0.6 is 0 Å². The Morgan fingerprint density at radius 2 is 1.92 bits per heavy atom. The number of likely N-dealkylation sites (N-methyl/N-ethyl adjacent to an activating group) is 1. The Balaban J connectivity index is 1.58. The van der Waals surface area contributed by atoms with Crippen LogP contribution in [0.4, 0.5) is 4.39 Å². The monoisotopic (exact) mass is 529 g/mol. The first-order valence-corrected chi connectivity index (χ1v) is 12.9. The van der Waals surface area contributed by atoms with E-state index in [2.05, 4.69) is 4.90 Å². The van der Waals surface area contributed by atoms with Crippen LogP contribution < -0.4 is 5.73 Å². The number of fused-ring (bicyclic) bond motifs is 3. The van der Waals surface area contributed by atoms with Crippen LogP contribution in [0.5, 0.6) is 5.75 Å². The van der Waals surface area contributed by atoms with Gasteiger partial charge in [0.15, 0.2) is 34.7 Å². The molecule has 2 unspecified atom stereocenters. The van der Waals surface area contributed by atoms with E-state index in [-0.39, 0.29) is 42.1 Å². The van der Waals surface area contributed by atoms with Gasteiger partial charge in [0.1, 0.15) is 11.6 Å². The molecule has 4 aliphatic rings. The van der Waals surface area contributed by atoms with Crippen molar-refractivity contribution in [3.8, 4) is 5.75 Å². The quantitative estimate of drug-likeness (QED) is 0.456. The maximum atomic E-state index is 15.8. The van der Waals surface area contributed by atoms with Crippen LogP contribution in [-0.4, -0.2) is 87.4 Å². The van der Waals surface area contributed by atoms with E-state index in [1.165, 1.54) is 25.1 Å². The number of nitrogens with two attached hydrogens (primary N) is 1. The van der Waals surface area contributed by atoms with Gasteiger partial charge in [-0.1, -0.05) is 0 Å². The molecule has 4 N–H and O–H groups in total. The van der Waals surface area contributed by atoms with Gasteiger partial charge >= 0.3 is 0 Å². The standard InChI is InChI=1S/C27H32FN3O7/c1-11-5-4-6-31(11)10-13-9-16(32)18-14(20(13)28)7-12-8-15-21(30(2)3)23(34)19(26(29)37)25(36)27(15,38)24(35)17(12)22(18)33/h9,11-12,15,17,19,21,32,38H,4-8,10H2,1-3H3,(H2,29,37)/t11-,12-,15-,17?,19?,21-,27-/m0/s1. The fourth-order valence-electron chi connectivity index (χ4n) is 7.27. The minimum Gasteiger partial charge on any atom is -0.507 e. The zero-order valence-electron chi connectivity index (χ0n) is 21.6. The van der Waals surface area contributed by atoms with Gasteiger partial charge in [0.05, 0.1) is 17.5 Å². The van der Waals surface area contributed by atoms with Gasteiger partial charge in [-0.15, -0.1) is 0 Å². The summed E-state index contributed by atoms with van der Waals surface area (Å²) >= 11 is 0. The first-order valence-electron chi connectivity index (χ1n) is 12.9. The Hall–Kier alpha value is -3.02. The lowest BCUT2D eigenvalue weighted by atomic mass is 9.52. The first-order chi connectivity index (χ1) is 17.8. The molecule has 1 aliphatic heterocycles. The van der Waals surface area contributed by atoms with Crippen LogP contribution in [0.1, 0.15) is 47.7 Å². The van der Waals surface area contributed by atoms with E-state index in [4.69, 9.17) is 5.73 Å². The topological polar surface area (TPSA) is 158 Å². The molecule has 0 bridgehead atoms. The molecule has 2 saturated carbocycles. The number of hydrogen-bond acceptors (Lipinski definition) is 9. The summed E-state index contributed by atoms with van der Waals surface area (Å²) in [6.07, 6.45) is 1.76. The Kier molecular flexibility index (Phi) is 6.32. The largest absolute Gasteiger partial charge is 0.507 e. The lowest BCUT2D eigenvalue weighted by molar-refractivity contribution is -0.181. The van der Waals surface area contributed by atoms with Gasteiger partial charge in [-0.25, -0.2) is 4.39 Å². The molecule has 0 spiro atoms. The fraction of sp³-hybridized carbons (Fsp3) is 0.593. The van der Waals surface area contributed by atoms with Crippen molar-refractivity contribution in [3.05, 3.63) is 28.6 Å². The highest BCUT2D eigenvalue weighted by Crippen LogP contribution is 2.51. The molecule has 11 heteroatoms. The fourth-order valence-corrected chi connectivity index (χ4v) is 7.27. The molecular weight excluding hydrogens is 497 g/mol. The molecule has 5 rings (SSSR count). The number of aliphatic hydroxyl groups is 1. The third-order valence-corrected chi connectivity index (χ3v) is 9.13. The smallest absolute Gasteiger partial charge is 0.235 e. The van der Waals surface area contributed by atoms with Crippen LogP contribution in [-0.2, 0) is 32.1 Å². The Morgan fingerprint density at radius 1 is 1.24 bits per heavy atom. The average molecular weight is 530 g/mol. The minimum absolute atomic E-state index is 0.00113. The number of phenolic OH excluding ortho intramolecular Hbond substituents is 1. The van der Waals surface area contributed by atoms with Gasteiger partial charge in [-0.05, 0) is 65.2 Å². The highest BCUT2D eigenvalue weighted by Gasteiger charge is 2.69. The molecule has 10 nitrogen and oxygen atoms in total. The summed E-state index contributed by atoms with van der Waals surface area (Å²) in [5.74, 6) is -12.2. The number of Topliss-reactive ketones (excluding diaryl/α,β-unsaturated/α-hetero) is 4. The number of benzene rings is 1. The van der Waals surface area contributed by atoms with E-state index < -0.39 is 75.9 Å². The number of hydrogen-bond donors (Lipinski definition) is 3. The number of nitrogens with zero attached hydrogens (tertiary/aromatic N) is 2. The Morgan fingerprint density at radius 3 is 2.50 bits per heavy atom. The van der Waals surface area contributed by atoms with Crippen molar-refractivity contribution in [2.45, 2.75) is 56.8 Å². The van der Waals surface area contributed by atoms with E-state index in [1.807, 2.05) is 6.92 Å². The average Bonchev–Trinajstić information content (AvgIpc) is 3.23. The van der Waals surface area contributed by atoms with E-state index in [0.29, 0.717) is 0 Å². The van der Waals surface area contributed by atoms with Crippen molar-refractivity contribution < 1.29 is 38.6 Å². The molecule has 1 saturated heterocycles.